The molecule has 0 aliphatic heterocycles. The van der Waals surface area contributed by atoms with Crippen LogP contribution in [0.3, 0.4) is 0 Å². The Morgan fingerprint density at radius 1 is 1.56 bits per heavy atom. The Bertz CT molecular complexity index is 607. The van der Waals surface area contributed by atoms with Gasteiger partial charge in [-0.1, -0.05) is 18.5 Å². The Hall–Kier alpha value is -1.55. The summed E-state index contributed by atoms with van der Waals surface area (Å²) in [6, 6.07) is 3.66. The van der Waals surface area contributed by atoms with Crippen LogP contribution in [0.2, 0.25) is 5.02 Å². The summed E-state index contributed by atoms with van der Waals surface area (Å²) in [4.78, 5) is 16.1. The predicted octanol–water partition coefficient (Wildman–Crippen LogP) is 2.26. The van der Waals surface area contributed by atoms with Crippen LogP contribution in [0.4, 0.5) is 0 Å². The molecule has 2 atom stereocenters. The van der Waals surface area contributed by atoms with Gasteiger partial charge in [0.15, 0.2) is 0 Å². The minimum absolute atomic E-state index is 0.137. The lowest BCUT2D eigenvalue weighted by Gasteiger charge is -2.00. The fourth-order valence-electron chi connectivity index (χ4n) is 2.10. The van der Waals surface area contributed by atoms with Gasteiger partial charge < -0.3 is 9.72 Å². The summed E-state index contributed by atoms with van der Waals surface area (Å²) in [5.74, 6) is 0.874. The normalized spacial score (nSPS) is 22.1. The van der Waals surface area contributed by atoms with Gasteiger partial charge in [-0.15, -0.1) is 0 Å². The van der Waals surface area contributed by atoms with Gasteiger partial charge in [-0.3, -0.25) is 4.79 Å². The third-order valence-corrected chi connectivity index (χ3v) is 3.58. The quantitative estimate of drug-likeness (QED) is 0.923. The van der Waals surface area contributed by atoms with E-state index in [1.807, 2.05) is 16.7 Å². The molecule has 0 aromatic carbocycles. The SMILES string of the molecule is C[C@@H]1C[C@H]1C(=O)NCc1cn2cc(Cl)ccc2n1. The van der Waals surface area contributed by atoms with Crippen LogP contribution >= 0.6 is 11.6 Å². The number of amides is 1. The number of rotatable bonds is 3. The number of nitrogens with one attached hydrogen (secondary N) is 1. The van der Waals surface area contributed by atoms with E-state index in [-0.39, 0.29) is 11.8 Å². The van der Waals surface area contributed by atoms with Gasteiger partial charge in [0.2, 0.25) is 5.91 Å². The van der Waals surface area contributed by atoms with Crippen molar-refractivity contribution in [2.45, 2.75) is 19.9 Å². The maximum atomic E-state index is 11.7. The van der Waals surface area contributed by atoms with Crippen molar-refractivity contribution in [3.05, 3.63) is 35.2 Å². The average Bonchev–Trinajstić information content (AvgIpc) is 2.92. The number of hydrogen-bond acceptors (Lipinski definition) is 2. The van der Waals surface area contributed by atoms with Gasteiger partial charge in [0.1, 0.15) is 5.65 Å². The van der Waals surface area contributed by atoms with Gasteiger partial charge in [-0.05, 0) is 24.5 Å². The van der Waals surface area contributed by atoms with Crippen LogP contribution in [0, 0.1) is 11.8 Å². The molecule has 0 bridgehead atoms. The zero-order valence-corrected chi connectivity index (χ0v) is 10.8. The third kappa shape index (κ3) is 2.20. The van der Waals surface area contributed by atoms with Crippen molar-refractivity contribution >= 4 is 23.2 Å². The maximum absolute atomic E-state index is 11.7. The van der Waals surface area contributed by atoms with Gasteiger partial charge in [-0.2, -0.15) is 0 Å². The molecule has 2 aromatic heterocycles. The zero-order valence-electron chi connectivity index (χ0n) is 10.1. The molecule has 1 N–H and O–H groups in total. The predicted molar refractivity (Wildman–Crippen MR) is 69.3 cm³/mol. The number of imidazole rings is 1. The molecule has 2 heterocycles. The lowest BCUT2D eigenvalue weighted by atomic mass is 10.3. The fourth-order valence-corrected chi connectivity index (χ4v) is 2.27. The standard InChI is InChI=1S/C13H14ClN3O/c1-8-4-11(8)13(18)15-5-10-7-17-6-9(14)2-3-12(17)16-10/h2-3,6-8,11H,4-5H2,1H3,(H,15,18)/t8-,11-/m1/s1. The van der Waals surface area contributed by atoms with Crippen LogP contribution in [-0.2, 0) is 11.3 Å². The van der Waals surface area contributed by atoms with E-state index < -0.39 is 0 Å². The number of halogens is 1. The number of hydrogen-bond donors (Lipinski definition) is 1. The van der Waals surface area contributed by atoms with E-state index in [9.17, 15) is 4.79 Å². The van der Waals surface area contributed by atoms with E-state index in [1.54, 1.807) is 12.3 Å². The molecular formula is C13H14ClN3O. The van der Waals surface area contributed by atoms with Gasteiger partial charge in [-0.25, -0.2) is 4.98 Å². The monoisotopic (exact) mass is 263 g/mol. The minimum Gasteiger partial charge on any atom is -0.350 e. The first-order chi connectivity index (χ1) is 8.63. The average molecular weight is 264 g/mol. The van der Waals surface area contributed by atoms with Crippen LogP contribution in [0.15, 0.2) is 24.5 Å². The molecule has 1 fully saturated rings. The summed E-state index contributed by atoms with van der Waals surface area (Å²) in [5.41, 5.74) is 1.68. The summed E-state index contributed by atoms with van der Waals surface area (Å²) < 4.78 is 1.86. The van der Waals surface area contributed by atoms with Crippen molar-refractivity contribution < 1.29 is 4.79 Å². The van der Waals surface area contributed by atoms with Gasteiger partial charge >= 0.3 is 0 Å². The van der Waals surface area contributed by atoms with E-state index in [4.69, 9.17) is 11.6 Å². The number of aromatic nitrogens is 2. The highest BCUT2D eigenvalue weighted by molar-refractivity contribution is 6.30. The van der Waals surface area contributed by atoms with E-state index in [0.717, 1.165) is 17.8 Å². The van der Waals surface area contributed by atoms with Crippen molar-refractivity contribution in [1.82, 2.24) is 14.7 Å². The van der Waals surface area contributed by atoms with Gasteiger partial charge in [0, 0.05) is 18.3 Å². The molecule has 1 amide bonds. The molecule has 3 rings (SSSR count). The molecule has 0 radical (unpaired) electrons. The lowest BCUT2D eigenvalue weighted by Crippen LogP contribution is -2.24. The number of carbonyl (C=O) groups excluding carboxylic acids is 1. The van der Waals surface area contributed by atoms with Crippen LogP contribution in [0.5, 0.6) is 0 Å². The molecule has 5 heteroatoms. The number of fused-ring (bicyclic) bond motifs is 1. The van der Waals surface area contributed by atoms with Crippen molar-refractivity contribution in [3.63, 3.8) is 0 Å². The Morgan fingerprint density at radius 2 is 2.33 bits per heavy atom. The van der Waals surface area contributed by atoms with Crippen molar-refractivity contribution in [1.29, 1.82) is 0 Å². The minimum atomic E-state index is 0.137. The number of nitrogens with zero attached hydrogens (tertiary/aromatic N) is 2. The molecular weight excluding hydrogens is 250 g/mol. The summed E-state index contributed by atoms with van der Waals surface area (Å²) >= 11 is 5.90. The largest absolute Gasteiger partial charge is 0.350 e. The highest BCUT2D eigenvalue weighted by Crippen LogP contribution is 2.37. The highest BCUT2D eigenvalue weighted by Gasteiger charge is 2.38. The second-order valence-electron chi connectivity index (χ2n) is 4.88. The molecule has 1 saturated carbocycles. The second-order valence-corrected chi connectivity index (χ2v) is 5.32. The first kappa shape index (κ1) is 11.5. The summed E-state index contributed by atoms with van der Waals surface area (Å²) in [5, 5.41) is 3.59. The van der Waals surface area contributed by atoms with Crippen molar-refractivity contribution in [2.24, 2.45) is 11.8 Å². The molecule has 0 saturated heterocycles. The summed E-state index contributed by atoms with van der Waals surface area (Å²) in [6.45, 7) is 2.57. The maximum Gasteiger partial charge on any atom is 0.223 e. The summed E-state index contributed by atoms with van der Waals surface area (Å²) in [6.07, 6.45) is 4.70. The van der Waals surface area contributed by atoms with Crippen LogP contribution in [-0.4, -0.2) is 15.3 Å². The smallest absolute Gasteiger partial charge is 0.223 e. The molecule has 2 aromatic rings. The van der Waals surface area contributed by atoms with Crippen LogP contribution in [0.25, 0.3) is 5.65 Å². The first-order valence-corrected chi connectivity index (χ1v) is 6.42. The van der Waals surface area contributed by atoms with Crippen molar-refractivity contribution in [3.8, 4) is 0 Å². The molecule has 0 unspecified atom stereocenters. The Morgan fingerprint density at radius 3 is 3.06 bits per heavy atom. The molecule has 0 spiro atoms. The Kier molecular flexibility index (Phi) is 2.74. The summed E-state index contributed by atoms with van der Waals surface area (Å²) in [7, 11) is 0. The fraction of sp³-hybridized carbons (Fsp3) is 0.385. The van der Waals surface area contributed by atoms with E-state index in [2.05, 4.69) is 17.2 Å². The van der Waals surface area contributed by atoms with E-state index >= 15 is 0 Å². The topological polar surface area (TPSA) is 46.4 Å². The number of carbonyl (C=O) groups is 1. The Balaban J connectivity index is 1.69. The zero-order chi connectivity index (χ0) is 12.7. The molecule has 4 nitrogen and oxygen atoms in total. The lowest BCUT2D eigenvalue weighted by molar-refractivity contribution is -0.122. The van der Waals surface area contributed by atoms with E-state index in [0.29, 0.717) is 17.5 Å². The Labute approximate surface area is 110 Å². The molecule has 1 aliphatic rings. The van der Waals surface area contributed by atoms with E-state index in [1.165, 1.54) is 0 Å². The molecule has 18 heavy (non-hydrogen) atoms. The van der Waals surface area contributed by atoms with Gasteiger partial charge in [0.25, 0.3) is 0 Å². The second kappa shape index (κ2) is 4.28. The van der Waals surface area contributed by atoms with Crippen molar-refractivity contribution in [2.75, 3.05) is 0 Å². The van der Waals surface area contributed by atoms with Gasteiger partial charge in [0.05, 0.1) is 17.3 Å². The molecule has 1 aliphatic carbocycles. The van der Waals surface area contributed by atoms with Crippen LogP contribution < -0.4 is 5.32 Å². The number of pyridine rings is 1. The molecule has 94 valence electrons. The third-order valence-electron chi connectivity index (χ3n) is 3.35. The highest BCUT2D eigenvalue weighted by atomic mass is 35.5. The van der Waals surface area contributed by atoms with Crippen LogP contribution in [0.1, 0.15) is 19.0 Å². The first-order valence-electron chi connectivity index (χ1n) is 6.04.